The molecule has 124 valence electrons. The molecule has 0 aromatic heterocycles. The van der Waals surface area contributed by atoms with E-state index in [9.17, 15) is 18.4 Å². The molecule has 24 heavy (non-hydrogen) atoms. The second-order valence-electron chi connectivity index (χ2n) is 4.64. The number of carbonyl (C=O) groups excluding carboxylic acids is 2. The van der Waals surface area contributed by atoms with E-state index < -0.39 is 23.4 Å². The number of halogens is 2. The number of hydrogen-bond donors (Lipinski definition) is 2. The van der Waals surface area contributed by atoms with Crippen molar-refractivity contribution in [3.63, 3.8) is 0 Å². The van der Waals surface area contributed by atoms with Crippen LogP contribution in [0.2, 0.25) is 0 Å². The fraction of sp³-hybridized carbons (Fsp3) is 0.0588. The van der Waals surface area contributed by atoms with Gasteiger partial charge in [-0.15, -0.1) is 11.8 Å². The average molecular weight is 348 g/mol. The van der Waals surface area contributed by atoms with E-state index in [0.717, 1.165) is 11.8 Å². The summed E-state index contributed by atoms with van der Waals surface area (Å²) in [5.41, 5.74) is 4.92. The monoisotopic (exact) mass is 348 g/mol. The van der Waals surface area contributed by atoms with Gasteiger partial charge < -0.3 is 0 Å². The summed E-state index contributed by atoms with van der Waals surface area (Å²) < 4.78 is 26.4. The van der Waals surface area contributed by atoms with Gasteiger partial charge in [-0.05, 0) is 35.9 Å². The van der Waals surface area contributed by atoms with Crippen molar-refractivity contribution in [2.45, 2.75) is 4.90 Å². The van der Waals surface area contributed by atoms with Crippen molar-refractivity contribution in [1.29, 1.82) is 0 Å². The lowest BCUT2D eigenvalue weighted by molar-refractivity contribution is -0.125. The molecular formula is C17H14F2N2O2S. The van der Waals surface area contributed by atoms with Crippen LogP contribution in [0.5, 0.6) is 0 Å². The first kappa shape index (κ1) is 17.7. The fourth-order valence-corrected chi connectivity index (χ4v) is 2.44. The number of benzene rings is 2. The molecule has 2 aromatic carbocycles. The highest BCUT2D eigenvalue weighted by molar-refractivity contribution is 8.00. The van der Waals surface area contributed by atoms with Gasteiger partial charge in [-0.25, -0.2) is 8.78 Å². The minimum absolute atomic E-state index is 0.0468. The van der Waals surface area contributed by atoms with Gasteiger partial charge in [0.1, 0.15) is 11.6 Å². The summed E-state index contributed by atoms with van der Waals surface area (Å²) in [5, 5.41) is 0. The number of amides is 2. The lowest BCUT2D eigenvalue weighted by atomic mass is 10.2. The highest BCUT2D eigenvalue weighted by atomic mass is 32.2. The van der Waals surface area contributed by atoms with Crippen molar-refractivity contribution in [1.82, 2.24) is 10.9 Å². The van der Waals surface area contributed by atoms with E-state index in [0.29, 0.717) is 10.5 Å². The summed E-state index contributed by atoms with van der Waals surface area (Å²) in [6, 6.07) is 11.8. The summed E-state index contributed by atoms with van der Waals surface area (Å²) in [6.45, 7) is 0. The molecule has 0 bridgehead atoms. The molecule has 0 unspecified atom stereocenters. The molecule has 0 heterocycles. The molecule has 0 saturated carbocycles. The smallest absolute Gasteiger partial charge is 0.262 e. The maximum Gasteiger partial charge on any atom is 0.262 e. The van der Waals surface area contributed by atoms with Crippen molar-refractivity contribution in [3.05, 3.63) is 71.8 Å². The Morgan fingerprint density at radius 2 is 1.83 bits per heavy atom. The average Bonchev–Trinajstić information content (AvgIpc) is 2.57. The molecule has 2 amide bonds. The highest BCUT2D eigenvalue weighted by Crippen LogP contribution is 2.20. The summed E-state index contributed by atoms with van der Waals surface area (Å²) >= 11 is 1.02. The number of carbonyl (C=O) groups is 2. The lowest BCUT2D eigenvalue weighted by Gasteiger charge is -2.05. The molecule has 0 fully saturated rings. The summed E-state index contributed by atoms with van der Waals surface area (Å²) in [6.07, 6.45) is 2.58. The zero-order valence-corrected chi connectivity index (χ0v) is 13.3. The van der Waals surface area contributed by atoms with Crippen LogP contribution >= 0.6 is 11.8 Å². The van der Waals surface area contributed by atoms with E-state index in [-0.39, 0.29) is 5.75 Å². The Labute approximate surface area is 141 Å². The van der Waals surface area contributed by atoms with E-state index >= 15 is 0 Å². The molecule has 2 N–H and O–H groups in total. The van der Waals surface area contributed by atoms with Gasteiger partial charge >= 0.3 is 0 Å². The third-order valence-electron chi connectivity index (χ3n) is 2.80. The van der Waals surface area contributed by atoms with Gasteiger partial charge in [-0.3, -0.25) is 20.4 Å². The maximum absolute atomic E-state index is 13.4. The Balaban J connectivity index is 1.75. The Kier molecular flexibility index (Phi) is 6.51. The number of hydrogen-bond acceptors (Lipinski definition) is 3. The van der Waals surface area contributed by atoms with Crippen LogP contribution in [0.3, 0.4) is 0 Å². The van der Waals surface area contributed by atoms with E-state index in [1.807, 2.05) is 0 Å². The quantitative estimate of drug-likeness (QED) is 0.496. The number of nitrogens with one attached hydrogen (secondary N) is 2. The third kappa shape index (κ3) is 5.85. The third-order valence-corrected chi connectivity index (χ3v) is 3.84. The van der Waals surface area contributed by atoms with Crippen LogP contribution in [-0.2, 0) is 9.59 Å². The SMILES string of the molecule is O=C(/C=C/c1cccc(F)c1)NNC(=O)CSc1ccccc1F. The van der Waals surface area contributed by atoms with Crippen LogP contribution in [-0.4, -0.2) is 17.6 Å². The first-order valence-electron chi connectivity index (χ1n) is 6.94. The normalized spacial score (nSPS) is 10.6. The minimum atomic E-state index is -0.566. The largest absolute Gasteiger partial charge is 0.272 e. The summed E-state index contributed by atoms with van der Waals surface area (Å²) in [7, 11) is 0. The van der Waals surface area contributed by atoms with Gasteiger partial charge in [0.2, 0.25) is 5.91 Å². The van der Waals surface area contributed by atoms with Crippen LogP contribution in [0.1, 0.15) is 5.56 Å². The molecule has 7 heteroatoms. The Hall–Kier alpha value is -2.67. The van der Waals surface area contributed by atoms with Crippen LogP contribution in [0, 0.1) is 11.6 Å². The molecule has 4 nitrogen and oxygen atoms in total. The molecule has 0 aliphatic heterocycles. The second kappa shape index (κ2) is 8.83. The van der Waals surface area contributed by atoms with E-state index in [1.165, 1.54) is 36.4 Å². The van der Waals surface area contributed by atoms with Gasteiger partial charge in [0, 0.05) is 11.0 Å². The van der Waals surface area contributed by atoms with Gasteiger partial charge in [0.15, 0.2) is 0 Å². The Bertz CT molecular complexity index is 766. The second-order valence-corrected chi connectivity index (χ2v) is 5.66. The van der Waals surface area contributed by atoms with Crippen molar-refractivity contribution in [2.75, 3.05) is 5.75 Å². The van der Waals surface area contributed by atoms with Gasteiger partial charge in [0.25, 0.3) is 5.91 Å². The van der Waals surface area contributed by atoms with Crippen LogP contribution in [0.4, 0.5) is 8.78 Å². The summed E-state index contributed by atoms with van der Waals surface area (Å²) in [4.78, 5) is 23.5. The number of thioether (sulfide) groups is 1. The first-order valence-corrected chi connectivity index (χ1v) is 7.93. The lowest BCUT2D eigenvalue weighted by Crippen LogP contribution is -2.41. The molecule has 2 rings (SSSR count). The van der Waals surface area contributed by atoms with Crippen LogP contribution in [0.25, 0.3) is 6.08 Å². The Morgan fingerprint density at radius 3 is 2.58 bits per heavy atom. The number of rotatable bonds is 5. The van der Waals surface area contributed by atoms with Crippen LogP contribution in [0.15, 0.2) is 59.5 Å². The Morgan fingerprint density at radius 1 is 1.04 bits per heavy atom. The molecule has 0 saturated heterocycles. The van der Waals surface area contributed by atoms with E-state index in [4.69, 9.17) is 0 Å². The first-order chi connectivity index (χ1) is 11.5. The van der Waals surface area contributed by atoms with Gasteiger partial charge in [-0.1, -0.05) is 24.3 Å². The zero-order valence-electron chi connectivity index (χ0n) is 12.5. The summed E-state index contributed by atoms with van der Waals surface area (Å²) in [5.74, 6) is -1.90. The highest BCUT2D eigenvalue weighted by Gasteiger charge is 2.06. The maximum atomic E-state index is 13.4. The number of hydrazine groups is 1. The zero-order chi connectivity index (χ0) is 17.4. The molecular weight excluding hydrogens is 334 g/mol. The van der Waals surface area contributed by atoms with Crippen molar-refractivity contribution in [2.24, 2.45) is 0 Å². The fourth-order valence-electron chi connectivity index (χ4n) is 1.70. The molecule has 0 radical (unpaired) electrons. The van der Waals surface area contributed by atoms with Gasteiger partial charge in [-0.2, -0.15) is 0 Å². The minimum Gasteiger partial charge on any atom is -0.272 e. The molecule has 0 spiro atoms. The van der Waals surface area contributed by atoms with Crippen molar-refractivity contribution < 1.29 is 18.4 Å². The van der Waals surface area contributed by atoms with Crippen molar-refractivity contribution in [3.8, 4) is 0 Å². The predicted molar refractivity (Wildman–Crippen MR) is 88.8 cm³/mol. The molecule has 0 aliphatic carbocycles. The topological polar surface area (TPSA) is 58.2 Å². The van der Waals surface area contributed by atoms with Crippen molar-refractivity contribution >= 4 is 29.7 Å². The molecule has 0 atom stereocenters. The van der Waals surface area contributed by atoms with Gasteiger partial charge in [0.05, 0.1) is 5.75 Å². The van der Waals surface area contributed by atoms with E-state index in [2.05, 4.69) is 10.9 Å². The van der Waals surface area contributed by atoms with E-state index in [1.54, 1.807) is 24.3 Å². The molecule has 0 aliphatic rings. The molecule has 2 aromatic rings. The standard InChI is InChI=1S/C17H14F2N2O2S/c18-13-5-3-4-12(10-13)8-9-16(22)20-21-17(23)11-24-15-7-2-1-6-14(15)19/h1-10H,11H2,(H,20,22)(H,21,23)/b9-8+. The predicted octanol–water partition coefficient (Wildman–Crippen LogP) is 2.92. The van der Waals surface area contributed by atoms with Crippen LogP contribution < -0.4 is 10.9 Å².